The molecular weight excluding hydrogens is 424 g/mol. The van der Waals surface area contributed by atoms with E-state index in [0.717, 1.165) is 16.9 Å². The first kappa shape index (κ1) is 21.5. The lowest BCUT2D eigenvalue weighted by molar-refractivity contribution is -0.138. The van der Waals surface area contributed by atoms with Gasteiger partial charge >= 0.3 is 5.97 Å². The van der Waals surface area contributed by atoms with Gasteiger partial charge in [0.1, 0.15) is 12.4 Å². The Labute approximate surface area is 189 Å². The maximum atomic E-state index is 13.5. The van der Waals surface area contributed by atoms with E-state index in [0.29, 0.717) is 20.6 Å². The van der Waals surface area contributed by atoms with Gasteiger partial charge in [-0.2, -0.15) is 0 Å². The van der Waals surface area contributed by atoms with Crippen LogP contribution in [0.3, 0.4) is 0 Å². The lowest BCUT2D eigenvalue weighted by Crippen LogP contribution is -2.39. The number of benzene rings is 2. The van der Waals surface area contributed by atoms with E-state index in [9.17, 15) is 9.59 Å². The summed E-state index contributed by atoms with van der Waals surface area (Å²) in [5, 5.41) is 0. The molecule has 0 bridgehead atoms. The predicted octanol–water partition coefficient (Wildman–Crippen LogP) is 2.97. The lowest BCUT2D eigenvalue weighted by Gasteiger charge is -2.24. The van der Waals surface area contributed by atoms with E-state index < -0.39 is 12.0 Å². The van der Waals surface area contributed by atoms with Gasteiger partial charge < -0.3 is 9.47 Å². The minimum atomic E-state index is -0.622. The Morgan fingerprint density at radius 1 is 1.19 bits per heavy atom. The van der Waals surface area contributed by atoms with Crippen LogP contribution in [-0.2, 0) is 9.53 Å². The summed E-state index contributed by atoms with van der Waals surface area (Å²) >= 11 is 1.30. The van der Waals surface area contributed by atoms with Crippen molar-refractivity contribution in [3.8, 4) is 5.75 Å². The van der Waals surface area contributed by atoms with Crippen LogP contribution in [0.25, 0.3) is 6.08 Å². The number of rotatable bonds is 6. The van der Waals surface area contributed by atoms with Crippen LogP contribution in [0.4, 0.5) is 0 Å². The molecule has 6 nitrogen and oxygen atoms in total. The highest BCUT2D eigenvalue weighted by Gasteiger charge is 2.33. The molecule has 0 aliphatic carbocycles. The third kappa shape index (κ3) is 4.07. The van der Waals surface area contributed by atoms with Crippen molar-refractivity contribution in [2.75, 3.05) is 13.7 Å². The van der Waals surface area contributed by atoms with Crippen LogP contribution in [0.2, 0.25) is 0 Å². The Bertz CT molecular complexity index is 1370. The monoisotopic (exact) mass is 446 g/mol. The minimum Gasteiger partial charge on any atom is -0.497 e. The molecule has 0 saturated heterocycles. The van der Waals surface area contributed by atoms with Crippen molar-refractivity contribution >= 4 is 23.4 Å². The summed E-state index contributed by atoms with van der Waals surface area (Å²) in [6.07, 6.45) is 3.33. The summed E-state index contributed by atoms with van der Waals surface area (Å²) in [5.41, 5.74) is 2.35. The smallest absolute Gasteiger partial charge is 0.338 e. The summed E-state index contributed by atoms with van der Waals surface area (Å²) in [4.78, 5) is 31.5. The molecule has 0 saturated carbocycles. The first-order valence-electron chi connectivity index (χ1n) is 10.0. The number of fused-ring (bicyclic) bond motifs is 1. The lowest BCUT2D eigenvalue weighted by atomic mass is 9.96. The van der Waals surface area contributed by atoms with E-state index in [1.807, 2.05) is 60.7 Å². The molecule has 2 heterocycles. The molecule has 162 valence electrons. The van der Waals surface area contributed by atoms with Crippen molar-refractivity contribution in [3.63, 3.8) is 0 Å². The van der Waals surface area contributed by atoms with Gasteiger partial charge in [-0.1, -0.05) is 66.5 Å². The Morgan fingerprint density at radius 3 is 2.56 bits per heavy atom. The van der Waals surface area contributed by atoms with Gasteiger partial charge in [-0.15, -0.1) is 0 Å². The summed E-state index contributed by atoms with van der Waals surface area (Å²) in [5.74, 6) is 0.232. The fraction of sp³-hybridized carbons (Fsp3) is 0.160. The molecule has 0 spiro atoms. The summed E-state index contributed by atoms with van der Waals surface area (Å²) in [6.45, 7) is 5.44. The number of allylic oxidation sites excluding steroid dienone is 1. The fourth-order valence-electron chi connectivity index (χ4n) is 3.60. The third-order valence-electron chi connectivity index (χ3n) is 5.10. The van der Waals surface area contributed by atoms with E-state index in [1.165, 1.54) is 17.4 Å². The van der Waals surface area contributed by atoms with Crippen molar-refractivity contribution in [1.29, 1.82) is 0 Å². The predicted molar refractivity (Wildman–Crippen MR) is 124 cm³/mol. The van der Waals surface area contributed by atoms with Crippen molar-refractivity contribution < 1.29 is 14.3 Å². The van der Waals surface area contributed by atoms with Gasteiger partial charge in [-0.05, 0) is 36.3 Å². The second-order valence-electron chi connectivity index (χ2n) is 7.15. The molecular formula is C25H22N2O4S. The number of carbonyl (C=O) groups excluding carboxylic acids is 1. The average Bonchev–Trinajstić information content (AvgIpc) is 3.12. The van der Waals surface area contributed by atoms with E-state index >= 15 is 0 Å². The second-order valence-corrected chi connectivity index (χ2v) is 8.16. The number of methoxy groups -OCH3 is 1. The number of esters is 1. The number of aromatic nitrogens is 1. The number of nitrogens with zero attached hydrogens (tertiary/aromatic N) is 2. The first-order valence-corrected chi connectivity index (χ1v) is 10.8. The standard InChI is InChI=1S/C25H22N2O4S/c1-4-14-31-24(29)21-16(2)26-25-27(22(21)18-8-6-5-7-9-18)23(28)20(32-25)15-17-10-12-19(30-3)13-11-17/h4-13,15,22H,1,14H2,2-3H3/b20-15-. The van der Waals surface area contributed by atoms with E-state index in [1.54, 1.807) is 18.6 Å². The molecule has 1 aliphatic rings. The summed E-state index contributed by atoms with van der Waals surface area (Å²) < 4.78 is 12.6. The van der Waals surface area contributed by atoms with Crippen LogP contribution in [0.1, 0.15) is 24.1 Å². The zero-order chi connectivity index (χ0) is 22.7. The molecule has 4 rings (SSSR count). The van der Waals surface area contributed by atoms with Gasteiger partial charge in [-0.3, -0.25) is 9.36 Å². The van der Waals surface area contributed by atoms with Crippen LogP contribution >= 0.6 is 11.3 Å². The normalized spacial score (nSPS) is 15.7. The molecule has 1 atom stereocenters. The molecule has 0 N–H and O–H groups in total. The number of carbonyl (C=O) groups is 1. The highest BCUT2D eigenvalue weighted by Crippen LogP contribution is 2.30. The van der Waals surface area contributed by atoms with E-state index in [2.05, 4.69) is 11.6 Å². The fourth-order valence-corrected chi connectivity index (χ4v) is 4.64. The second kappa shape index (κ2) is 9.20. The van der Waals surface area contributed by atoms with Crippen molar-refractivity contribution in [2.45, 2.75) is 13.0 Å². The molecule has 0 radical (unpaired) electrons. The largest absolute Gasteiger partial charge is 0.497 e. The van der Waals surface area contributed by atoms with E-state index in [-0.39, 0.29) is 12.2 Å². The Morgan fingerprint density at radius 2 is 1.91 bits per heavy atom. The molecule has 1 aromatic heterocycles. The van der Waals surface area contributed by atoms with Crippen molar-refractivity contribution in [2.24, 2.45) is 4.99 Å². The van der Waals surface area contributed by atoms with Crippen LogP contribution in [-0.4, -0.2) is 24.3 Å². The Kier molecular flexibility index (Phi) is 6.18. The zero-order valence-corrected chi connectivity index (χ0v) is 18.6. The van der Waals surface area contributed by atoms with Gasteiger partial charge in [0.05, 0.1) is 29.0 Å². The van der Waals surface area contributed by atoms with Crippen LogP contribution in [0.5, 0.6) is 5.75 Å². The van der Waals surface area contributed by atoms with Crippen LogP contribution in [0, 0.1) is 0 Å². The molecule has 0 amide bonds. The Balaban J connectivity index is 1.89. The van der Waals surface area contributed by atoms with Gasteiger partial charge in [0.2, 0.25) is 0 Å². The molecule has 32 heavy (non-hydrogen) atoms. The number of ether oxygens (including phenoxy) is 2. The molecule has 1 aliphatic heterocycles. The van der Waals surface area contributed by atoms with Gasteiger partial charge in [0, 0.05) is 0 Å². The SMILES string of the molecule is C=CCOC(=O)C1=C(C)N=c2s/c(=C\c3ccc(OC)cc3)c(=O)n2C1c1ccccc1. The van der Waals surface area contributed by atoms with Crippen molar-refractivity contribution in [3.05, 3.63) is 109 Å². The quantitative estimate of drug-likeness (QED) is 0.431. The highest BCUT2D eigenvalue weighted by molar-refractivity contribution is 7.07. The summed E-state index contributed by atoms with van der Waals surface area (Å²) in [6, 6.07) is 16.3. The third-order valence-corrected chi connectivity index (χ3v) is 6.09. The maximum absolute atomic E-state index is 13.5. The molecule has 7 heteroatoms. The zero-order valence-electron chi connectivity index (χ0n) is 17.8. The maximum Gasteiger partial charge on any atom is 0.338 e. The van der Waals surface area contributed by atoms with Gasteiger partial charge in [0.15, 0.2) is 4.80 Å². The van der Waals surface area contributed by atoms with Gasteiger partial charge in [0.25, 0.3) is 5.56 Å². The molecule has 1 unspecified atom stereocenters. The van der Waals surface area contributed by atoms with E-state index in [4.69, 9.17) is 9.47 Å². The molecule has 3 aromatic rings. The summed E-state index contributed by atoms with van der Waals surface area (Å²) in [7, 11) is 1.61. The van der Waals surface area contributed by atoms with Crippen molar-refractivity contribution in [1.82, 2.24) is 4.57 Å². The average molecular weight is 447 g/mol. The highest BCUT2D eigenvalue weighted by atomic mass is 32.1. The number of hydrogen-bond donors (Lipinski definition) is 0. The molecule has 2 aromatic carbocycles. The van der Waals surface area contributed by atoms with Crippen LogP contribution < -0.4 is 19.6 Å². The first-order chi connectivity index (χ1) is 15.5. The van der Waals surface area contributed by atoms with Gasteiger partial charge in [-0.25, -0.2) is 9.79 Å². The number of hydrogen-bond acceptors (Lipinski definition) is 6. The topological polar surface area (TPSA) is 69.9 Å². The Hall–Kier alpha value is -3.71. The minimum absolute atomic E-state index is 0.0824. The molecule has 0 fully saturated rings. The number of thiazole rings is 1. The van der Waals surface area contributed by atoms with Crippen LogP contribution in [0.15, 0.2) is 88.3 Å².